The summed E-state index contributed by atoms with van der Waals surface area (Å²) < 4.78 is 1.91. The lowest BCUT2D eigenvalue weighted by atomic mass is 9.93. The summed E-state index contributed by atoms with van der Waals surface area (Å²) in [4.78, 5) is 4.47. The Morgan fingerprint density at radius 3 is 2.62 bits per heavy atom. The Morgan fingerprint density at radius 2 is 2.00 bits per heavy atom. The Balaban J connectivity index is 2.63. The molecule has 0 spiro atoms. The molecule has 0 aliphatic carbocycles. The van der Waals surface area contributed by atoms with Crippen LogP contribution in [0.5, 0.6) is 0 Å². The molecule has 2 heterocycles. The third-order valence-corrected chi connectivity index (χ3v) is 3.24. The maximum absolute atomic E-state index is 4.60. The van der Waals surface area contributed by atoms with E-state index in [9.17, 15) is 0 Å². The molecular weight excluding hydrogens is 198 g/mol. The fraction of sp³-hybridized carbons (Fsp3) is 0.538. The van der Waals surface area contributed by atoms with E-state index in [1.54, 1.807) is 0 Å². The molecule has 0 atom stereocenters. The minimum atomic E-state index is 0.586. The van der Waals surface area contributed by atoms with Crippen molar-refractivity contribution in [2.45, 2.75) is 46.0 Å². The number of hydrogen-bond donors (Lipinski definition) is 0. The van der Waals surface area contributed by atoms with E-state index in [0.717, 1.165) is 24.9 Å². The van der Waals surface area contributed by atoms with Crippen LogP contribution in [0.1, 0.15) is 50.8 Å². The molecule has 3 heteroatoms. The van der Waals surface area contributed by atoms with Gasteiger partial charge in [-0.05, 0) is 31.2 Å². The highest BCUT2D eigenvalue weighted by Crippen LogP contribution is 2.29. The Kier molecular flexibility index (Phi) is 3.22. The predicted molar refractivity (Wildman–Crippen MR) is 65.7 cm³/mol. The molecule has 3 nitrogen and oxygen atoms in total. The van der Waals surface area contributed by atoms with Gasteiger partial charge in [0.15, 0.2) is 5.65 Å². The predicted octanol–water partition coefficient (Wildman–Crippen LogP) is 3.20. The van der Waals surface area contributed by atoms with Gasteiger partial charge in [-0.3, -0.25) is 0 Å². The van der Waals surface area contributed by atoms with Crippen LogP contribution in [0.2, 0.25) is 0 Å². The molecule has 0 radical (unpaired) electrons. The van der Waals surface area contributed by atoms with Gasteiger partial charge in [-0.1, -0.05) is 20.8 Å². The number of fused-ring (bicyclic) bond motifs is 1. The van der Waals surface area contributed by atoms with E-state index < -0.39 is 0 Å². The molecule has 0 aromatic carbocycles. The average molecular weight is 217 g/mol. The van der Waals surface area contributed by atoms with Crippen LogP contribution in [0, 0.1) is 0 Å². The van der Waals surface area contributed by atoms with Gasteiger partial charge in [-0.25, -0.2) is 9.50 Å². The van der Waals surface area contributed by atoms with Gasteiger partial charge in [-0.2, -0.15) is 5.10 Å². The van der Waals surface area contributed by atoms with E-state index in [-0.39, 0.29) is 0 Å². The van der Waals surface area contributed by atoms with Gasteiger partial charge >= 0.3 is 0 Å². The van der Waals surface area contributed by atoms with Crippen LogP contribution >= 0.6 is 0 Å². The first-order valence-corrected chi connectivity index (χ1v) is 6.13. The zero-order chi connectivity index (χ0) is 11.5. The van der Waals surface area contributed by atoms with Crippen LogP contribution in [-0.2, 0) is 6.42 Å². The average Bonchev–Trinajstić information content (AvgIpc) is 2.70. The van der Waals surface area contributed by atoms with Gasteiger partial charge in [0.1, 0.15) is 0 Å². The van der Waals surface area contributed by atoms with E-state index >= 15 is 0 Å². The highest BCUT2D eigenvalue weighted by Gasteiger charge is 2.18. The van der Waals surface area contributed by atoms with Crippen LogP contribution in [0.25, 0.3) is 5.65 Å². The van der Waals surface area contributed by atoms with Crippen molar-refractivity contribution >= 4 is 5.65 Å². The van der Waals surface area contributed by atoms with Gasteiger partial charge in [-0.15, -0.1) is 0 Å². The van der Waals surface area contributed by atoms with Crippen molar-refractivity contribution in [2.24, 2.45) is 0 Å². The summed E-state index contributed by atoms with van der Waals surface area (Å²) in [5, 5.41) is 4.60. The van der Waals surface area contributed by atoms with Crippen molar-refractivity contribution in [1.82, 2.24) is 14.6 Å². The van der Waals surface area contributed by atoms with E-state index in [1.165, 1.54) is 11.3 Å². The largest absolute Gasteiger partial charge is 0.237 e. The van der Waals surface area contributed by atoms with Gasteiger partial charge in [0.2, 0.25) is 0 Å². The van der Waals surface area contributed by atoms with Crippen LogP contribution in [-0.4, -0.2) is 14.6 Å². The van der Waals surface area contributed by atoms with Gasteiger partial charge in [0, 0.05) is 18.0 Å². The Labute approximate surface area is 96.5 Å². The van der Waals surface area contributed by atoms with Gasteiger partial charge in [0.05, 0.1) is 5.69 Å². The number of aryl methyl sites for hydroxylation is 1. The third kappa shape index (κ3) is 1.70. The molecule has 0 bridgehead atoms. The number of rotatable bonds is 4. The van der Waals surface area contributed by atoms with Crippen LogP contribution in [0.15, 0.2) is 18.5 Å². The summed E-state index contributed by atoms with van der Waals surface area (Å²) >= 11 is 0. The smallest absolute Gasteiger partial charge is 0.158 e. The summed E-state index contributed by atoms with van der Waals surface area (Å²) in [5.41, 5.74) is 3.59. The molecule has 0 aliphatic heterocycles. The minimum absolute atomic E-state index is 0.586. The molecular formula is C13H19N3. The number of hydrogen-bond acceptors (Lipinski definition) is 2. The van der Waals surface area contributed by atoms with Crippen molar-refractivity contribution in [2.75, 3.05) is 0 Å². The summed E-state index contributed by atoms with van der Waals surface area (Å²) in [6.45, 7) is 6.63. The zero-order valence-corrected chi connectivity index (χ0v) is 10.3. The quantitative estimate of drug-likeness (QED) is 0.787. The molecule has 2 aromatic heterocycles. The molecule has 2 aromatic rings. The van der Waals surface area contributed by atoms with Crippen molar-refractivity contribution in [3.63, 3.8) is 0 Å². The first kappa shape index (κ1) is 11.1. The molecule has 0 fully saturated rings. The fourth-order valence-electron chi connectivity index (χ4n) is 2.33. The van der Waals surface area contributed by atoms with Crippen LogP contribution < -0.4 is 0 Å². The maximum Gasteiger partial charge on any atom is 0.158 e. The molecule has 0 saturated heterocycles. The lowest BCUT2D eigenvalue weighted by molar-refractivity contribution is 0.638. The molecule has 86 valence electrons. The summed E-state index contributed by atoms with van der Waals surface area (Å²) in [5.74, 6) is 0.586. The lowest BCUT2D eigenvalue weighted by Gasteiger charge is -2.11. The Hall–Kier alpha value is -1.38. The first-order chi connectivity index (χ1) is 7.81. The molecule has 0 N–H and O–H groups in total. The second-order valence-electron chi connectivity index (χ2n) is 4.12. The van der Waals surface area contributed by atoms with Crippen molar-refractivity contribution < 1.29 is 0 Å². The number of nitrogens with zero attached hydrogens (tertiary/aromatic N) is 3. The van der Waals surface area contributed by atoms with Crippen LogP contribution in [0.3, 0.4) is 0 Å². The lowest BCUT2D eigenvalue weighted by Crippen LogP contribution is -1.99. The van der Waals surface area contributed by atoms with Gasteiger partial charge < -0.3 is 0 Å². The molecule has 16 heavy (non-hydrogen) atoms. The minimum Gasteiger partial charge on any atom is -0.237 e. The topological polar surface area (TPSA) is 30.2 Å². The van der Waals surface area contributed by atoms with E-state index in [4.69, 9.17) is 0 Å². The Morgan fingerprint density at radius 1 is 1.25 bits per heavy atom. The standard InChI is InChI=1S/C13H19N3/c1-4-10(5-2)12-11(6-3)15-16-9-7-8-14-13(12)16/h7-10H,4-6H2,1-3H3. The van der Waals surface area contributed by atoms with E-state index in [1.807, 2.05) is 23.0 Å². The summed E-state index contributed by atoms with van der Waals surface area (Å²) in [6.07, 6.45) is 7.12. The second kappa shape index (κ2) is 4.64. The zero-order valence-electron chi connectivity index (χ0n) is 10.3. The first-order valence-electron chi connectivity index (χ1n) is 6.13. The maximum atomic E-state index is 4.60. The monoisotopic (exact) mass is 217 g/mol. The highest BCUT2D eigenvalue weighted by molar-refractivity contribution is 5.51. The summed E-state index contributed by atoms with van der Waals surface area (Å²) in [7, 11) is 0. The van der Waals surface area contributed by atoms with Crippen molar-refractivity contribution in [3.8, 4) is 0 Å². The van der Waals surface area contributed by atoms with E-state index in [2.05, 4.69) is 30.9 Å². The van der Waals surface area contributed by atoms with Crippen molar-refractivity contribution in [3.05, 3.63) is 29.7 Å². The normalized spacial score (nSPS) is 11.5. The highest BCUT2D eigenvalue weighted by atomic mass is 15.2. The molecule has 0 saturated carbocycles. The van der Waals surface area contributed by atoms with E-state index in [0.29, 0.717) is 5.92 Å². The molecule has 0 aliphatic rings. The third-order valence-electron chi connectivity index (χ3n) is 3.24. The molecule has 0 amide bonds. The van der Waals surface area contributed by atoms with Gasteiger partial charge in [0.25, 0.3) is 0 Å². The SMILES string of the molecule is CCc1nn2cccnc2c1C(CC)CC. The number of aromatic nitrogens is 3. The second-order valence-corrected chi connectivity index (χ2v) is 4.12. The molecule has 0 unspecified atom stereocenters. The molecule has 2 rings (SSSR count). The van der Waals surface area contributed by atoms with Crippen LogP contribution in [0.4, 0.5) is 0 Å². The fourth-order valence-corrected chi connectivity index (χ4v) is 2.33. The van der Waals surface area contributed by atoms with Crippen molar-refractivity contribution in [1.29, 1.82) is 0 Å². The summed E-state index contributed by atoms with van der Waals surface area (Å²) in [6, 6.07) is 1.93. The Bertz CT molecular complexity index is 469.